The summed E-state index contributed by atoms with van der Waals surface area (Å²) in [5, 5.41) is 15.2. The van der Waals surface area contributed by atoms with Gasteiger partial charge in [0.25, 0.3) is 5.69 Å². The number of nitrogens with two attached hydrogens (primary N) is 1. The molecule has 0 unspecified atom stereocenters. The Morgan fingerprint density at radius 3 is 2.83 bits per heavy atom. The van der Waals surface area contributed by atoms with E-state index in [9.17, 15) is 10.1 Å². The first-order valence-corrected chi connectivity index (χ1v) is 5.23. The van der Waals surface area contributed by atoms with E-state index in [1.165, 1.54) is 17.9 Å². The van der Waals surface area contributed by atoms with Gasteiger partial charge in [0, 0.05) is 12.7 Å². The maximum atomic E-state index is 11.0. The predicted molar refractivity (Wildman–Crippen MR) is 64.7 cm³/mol. The molecule has 0 fully saturated rings. The molecule has 0 radical (unpaired) electrons. The van der Waals surface area contributed by atoms with Crippen molar-refractivity contribution in [3.63, 3.8) is 0 Å². The van der Waals surface area contributed by atoms with Crippen molar-refractivity contribution in [3.05, 3.63) is 46.3 Å². The summed E-state index contributed by atoms with van der Waals surface area (Å²) < 4.78 is 6.40. The number of aromatic nitrogens is 2. The van der Waals surface area contributed by atoms with E-state index in [4.69, 9.17) is 10.5 Å². The number of nitrogens with zero attached hydrogens (tertiary/aromatic N) is 3. The molecule has 0 aliphatic carbocycles. The summed E-state index contributed by atoms with van der Waals surface area (Å²) in [6.45, 7) is 0.289. The van der Waals surface area contributed by atoms with Crippen molar-refractivity contribution in [1.82, 2.24) is 9.78 Å². The lowest BCUT2D eigenvalue weighted by molar-refractivity contribution is -0.384. The van der Waals surface area contributed by atoms with Gasteiger partial charge in [0.2, 0.25) is 0 Å². The SMILES string of the molecule is COc1ccc(-n2ccc(CN)n2)c([N+](=O)[O-])c1. The number of nitro benzene ring substituents is 1. The van der Waals surface area contributed by atoms with Crippen molar-refractivity contribution in [3.8, 4) is 11.4 Å². The van der Waals surface area contributed by atoms with Gasteiger partial charge in [-0.15, -0.1) is 0 Å². The van der Waals surface area contributed by atoms with Crippen LogP contribution in [0.2, 0.25) is 0 Å². The molecule has 94 valence electrons. The first-order chi connectivity index (χ1) is 8.65. The first kappa shape index (κ1) is 12.1. The highest BCUT2D eigenvalue weighted by atomic mass is 16.6. The molecule has 2 N–H and O–H groups in total. The number of hydrogen-bond donors (Lipinski definition) is 1. The summed E-state index contributed by atoms with van der Waals surface area (Å²) in [5.41, 5.74) is 6.43. The van der Waals surface area contributed by atoms with Crippen molar-refractivity contribution in [2.24, 2.45) is 5.73 Å². The first-order valence-electron chi connectivity index (χ1n) is 5.23. The van der Waals surface area contributed by atoms with Crippen LogP contribution in [0.15, 0.2) is 30.5 Å². The van der Waals surface area contributed by atoms with Gasteiger partial charge in [-0.1, -0.05) is 0 Å². The molecule has 1 aromatic heterocycles. The zero-order chi connectivity index (χ0) is 13.1. The van der Waals surface area contributed by atoms with Gasteiger partial charge < -0.3 is 10.5 Å². The predicted octanol–water partition coefficient (Wildman–Crippen LogP) is 1.25. The van der Waals surface area contributed by atoms with Crippen LogP contribution in [0.3, 0.4) is 0 Å². The van der Waals surface area contributed by atoms with Gasteiger partial charge in [0.15, 0.2) is 0 Å². The van der Waals surface area contributed by atoms with E-state index in [2.05, 4.69) is 5.10 Å². The number of hydrogen-bond acceptors (Lipinski definition) is 5. The van der Waals surface area contributed by atoms with Crippen molar-refractivity contribution in [2.45, 2.75) is 6.54 Å². The van der Waals surface area contributed by atoms with Crippen LogP contribution in [-0.2, 0) is 6.54 Å². The average molecular weight is 248 g/mol. The minimum Gasteiger partial charge on any atom is -0.496 e. The zero-order valence-electron chi connectivity index (χ0n) is 9.74. The maximum Gasteiger partial charge on any atom is 0.298 e. The second-order valence-corrected chi connectivity index (χ2v) is 3.57. The molecular formula is C11H12N4O3. The Labute approximate surface area is 103 Å². The van der Waals surface area contributed by atoms with Gasteiger partial charge in [-0.2, -0.15) is 5.10 Å². The molecule has 7 heteroatoms. The third-order valence-corrected chi connectivity index (χ3v) is 2.48. The lowest BCUT2D eigenvalue weighted by Gasteiger charge is -2.05. The van der Waals surface area contributed by atoms with Crippen LogP contribution in [0.25, 0.3) is 5.69 Å². The summed E-state index contributed by atoms with van der Waals surface area (Å²) in [4.78, 5) is 10.6. The summed E-state index contributed by atoms with van der Waals surface area (Å²) in [5.74, 6) is 0.427. The molecule has 2 aromatic rings. The third kappa shape index (κ3) is 2.16. The van der Waals surface area contributed by atoms with Gasteiger partial charge in [-0.3, -0.25) is 10.1 Å². The molecule has 1 aromatic carbocycles. The Bertz CT molecular complexity index is 579. The van der Waals surface area contributed by atoms with Gasteiger partial charge in [-0.05, 0) is 18.2 Å². The van der Waals surface area contributed by atoms with Gasteiger partial charge >= 0.3 is 0 Å². The van der Waals surface area contributed by atoms with E-state index in [1.54, 1.807) is 24.4 Å². The van der Waals surface area contributed by atoms with Crippen molar-refractivity contribution in [1.29, 1.82) is 0 Å². The molecule has 0 aliphatic heterocycles. The summed E-state index contributed by atoms with van der Waals surface area (Å²) in [6, 6.07) is 6.31. The molecule has 0 bridgehead atoms. The minimum atomic E-state index is -0.471. The molecule has 0 amide bonds. The van der Waals surface area contributed by atoms with Gasteiger partial charge in [-0.25, -0.2) is 4.68 Å². The van der Waals surface area contributed by atoms with E-state index in [0.29, 0.717) is 17.1 Å². The van der Waals surface area contributed by atoms with Crippen LogP contribution in [0, 0.1) is 10.1 Å². The Kier molecular flexibility index (Phi) is 3.24. The normalized spacial score (nSPS) is 10.3. The van der Waals surface area contributed by atoms with Crippen LogP contribution in [0.5, 0.6) is 5.75 Å². The topological polar surface area (TPSA) is 96.2 Å². The second kappa shape index (κ2) is 4.84. The average Bonchev–Trinajstić information content (AvgIpc) is 2.86. The lowest BCUT2D eigenvalue weighted by atomic mass is 10.2. The highest BCUT2D eigenvalue weighted by Gasteiger charge is 2.17. The monoisotopic (exact) mass is 248 g/mol. The molecular weight excluding hydrogens is 236 g/mol. The lowest BCUT2D eigenvalue weighted by Crippen LogP contribution is -2.03. The van der Waals surface area contributed by atoms with E-state index in [-0.39, 0.29) is 12.2 Å². The fourth-order valence-electron chi connectivity index (χ4n) is 1.57. The van der Waals surface area contributed by atoms with Crippen molar-refractivity contribution >= 4 is 5.69 Å². The highest BCUT2D eigenvalue weighted by Crippen LogP contribution is 2.27. The quantitative estimate of drug-likeness (QED) is 0.648. The number of benzene rings is 1. The fraction of sp³-hybridized carbons (Fsp3) is 0.182. The summed E-state index contributed by atoms with van der Waals surface area (Å²) >= 11 is 0. The fourth-order valence-corrected chi connectivity index (χ4v) is 1.57. The number of nitro groups is 1. The second-order valence-electron chi connectivity index (χ2n) is 3.57. The molecule has 1 heterocycles. The Hall–Kier alpha value is -2.41. The molecule has 0 atom stereocenters. The van der Waals surface area contributed by atoms with Crippen LogP contribution in [0.1, 0.15) is 5.69 Å². The van der Waals surface area contributed by atoms with Crippen LogP contribution in [0.4, 0.5) is 5.69 Å². The number of methoxy groups -OCH3 is 1. The Morgan fingerprint density at radius 1 is 1.50 bits per heavy atom. The van der Waals surface area contributed by atoms with E-state index in [1.807, 2.05) is 0 Å². The largest absolute Gasteiger partial charge is 0.496 e. The zero-order valence-corrected chi connectivity index (χ0v) is 9.74. The summed E-state index contributed by atoms with van der Waals surface area (Å²) in [6.07, 6.45) is 1.64. The molecule has 0 aliphatic rings. The van der Waals surface area contributed by atoms with Crippen LogP contribution < -0.4 is 10.5 Å². The standard InChI is InChI=1S/C11H12N4O3/c1-18-9-2-3-10(11(6-9)15(16)17)14-5-4-8(7-12)13-14/h2-6H,7,12H2,1H3. The number of ether oxygens (including phenoxy) is 1. The number of rotatable bonds is 4. The molecule has 0 saturated heterocycles. The van der Waals surface area contributed by atoms with E-state index in [0.717, 1.165) is 0 Å². The van der Waals surface area contributed by atoms with Crippen LogP contribution >= 0.6 is 0 Å². The molecule has 2 rings (SSSR count). The maximum absolute atomic E-state index is 11.0. The van der Waals surface area contributed by atoms with Crippen molar-refractivity contribution < 1.29 is 9.66 Å². The molecule has 0 spiro atoms. The molecule has 18 heavy (non-hydrogen) atoms. The van der Waals surface area contributed by atoms with Crippen molar-refractivity contribution in [2.75, 3.05) is 7.11 Å². The van der Waals surface area contributed by atoms with E-state index < -0.39 is 4.92 Å². The van der Waals surface area contributed by atoms with Crippen LogP contribution in [-0.4, -0.2) is 21.8 Å². The molecule has 0 saturated carbocycles. The Balaban J connectivity index is 2.52. The van der Waals surface area contributed by atoms with Gasteiger partial charge in [0.1, 0.15) is 11.4 Å². The third-order valence-electron chi connectivity index (χ3n) is 2.48. The van der Waals surface area contributed by atoms with Gasteiger partial charge in [0.05, 0.1) is 23.8 Å². The minimum absolute atomic E-state index is 0.0685. The summed E-state index contributed by atoms with van der Waals surface area (Å²) in [7, 11) is 1.46. The smallest absolute Gasteiger partial charge is 0.298 e. The van der Waals surface area contributed by atoms with E-state index >= 15 is 0 Å². The highest BCUT2D eigenvalue weighted by molar-refractivity contribution is 5.55. The molecule has 7 nitrogen and oxygen atoms in total. The Morgan fingerprint density at radius 2 is 2.28 bits per heavy atom.